The predicted molar refractivity (Wildman–Crippen MR) is 113 cm³/mol. The number of Topliss-reactive ketones (excluding diaryl/α,β-unsaturated/α-hetero) is 1. The molecule has 1 N–H and O–H groups in total. The van der Waals surface area contributed by atoms with Gasteiger partial charge in [0.05, 0.1) is 17.7 Å². The summed E-state index contributed by atoms with van der Waals surface area (Å²) in [4.78, 5) is 38.3. The molecule has 8 nitrogen and oxygen atoms in total. The van der Waals surface area contributed by atoms with Crippen LogP contribution in [0, 0.1) is 17.2 Å². The minimum Gasteiger partial charge on any atom is -0.337 e. The number of anilines is 1. The average molecular weight is 406 g/mol. The van der Waals surface area contributed by atoms with Crippen molar-refractivity contribution in [1.82, 2.24) is 20.2 Å². The second kappa shape index (κ2) is 9.35. The molecule has 0 aliphatic carbocycles. The van der Waals surface area contributed by atoms with Gasteiger partial charge in [-0.3, -0.25) is 4.79 Å². The number of amides is 2. The molecule has 1 aromatic carbocycles. The maximum absolute atomic E-state index is 13.0. The van der Waals surface area contributed by atoms with Crippen molar-refractivity contribution in [3.63, 3.8) is 0 Å². The van der Waals surface area contributed by atoms with E-state index in [0.29, 0.717) is 36.7 Å². The van der Waals surface area contributed by atoms with Gasteiger partial charge in [0, 0.05) is 43.6 Å². The number of rotatable bonds is 5. The van der Waals surface area contributed by atoms with Crippen LogP contribution in [0.4, 0.5) is 10.7 Å². The first-order valence-corrected chi connectivity index (χ1v) is 10.0. The minimum atomic E-state index is -0.645. The molecule has 0 spiro atoms. The van der Waals surface area contributed by atoms with Crippen molar-refractivity contribution >= 4 is 17.8 Å². The zero-order valence-electron chi connectivity index (χ0n) is 17.4. The van der Waals surface area contributed by atoms with Crippen molar-refractivity contribution in [3.05, 3.63) is 53.9 Å². The van der Waals surface area contributed by atoms with E-state index in [4.69, 9.17) is 5.26 Å². The number of benzene rings is 1. The maximum Gasteiger partial charge on any atom is 0.318 e. The van der Waals surface area contributed by atoms with Crippen molar-refractivity contribution in [2.24, 2.45) is 5.92 Å². The Kier molecular flexibility index (Phi) is 6.62. The monoisotopic (exact) mass is 406 g/mol. The van der Waals surface area contributed by atoms with Crippen LogP contribution < -0.4 is 10.2 Å². The summed E-state index contributed by atoms with van der Waals surface area (Å²) in [5.74, 6) is 0.415. The summed E-state index contributed by atoms with van der Waals surface area (Å²) >= 11 is 0. The first kappa shape index (κ1) is 21.2. The molecule has 0 saturated carbocycles. The van der Waals surface area contributed by atoms with Gasteiger partial charge in [-0.1, -0.05) is 26.0 Å². The molecule has 0 bridgehead atoms. The number of piperazine rings is 1. The van der Waals surface area contributed by atoms with E-state index in [1.165, 1.54) is 0 Å². The van der Waals surface area contributed by atoms with Crippen molar-refractivity contribution in [1.29, 1.82) is 5.26 Å². The Balaban J connectivity index is 1.66. The van der Waals surface area contributed by atoms with Gasteiger partial charge in [0.1, 0.15) is 0 Å². The molecule has 8 heteroatoms. The van der Waals surface area contributed by atoms with E-state index in [-0.39, 0.29) is 23.8 Å². The number of hydrogen-bond acceptors (Lipinski definition) is 6. The Bertz CT molecular complexity index is 923. The summed E-state index contributed by atoms with van der Waals surface area (Å²) in [5, 5.41) is 11.9. The van der Waals surface area contributed by atoms with Gasteiger partial charge in [-0.15, -0.1) is 0 Å². The lowest BCUT2D eigenvalue weighted by atomic mass is 9.94. The Morgan fingerprint density at radius 1 is 1.17 bits per heavy atom. The van der Waals surface area contributed by atoms with Gasteiger partial charge in [0.25, 0.3) is 0 Å². The van der Waals surface area contributed by atoms with Crippen LogP contribution in [-0.2, 0) is 0 Å². The van der Waals surface area contributed by atoms with Crippen LogP contribution in [0.3, 0.4) is 0 Å². The highest BCUT2D eigenvalue weighted by Crippen LogP contribution is 2.17. The van der Waals surface area contributed by atoms with Crippen LogP contribution >= 0.6 is 0 Å². The summed E-state index contributed by atoms with van der Waals surface area (Å²) in [6, 6.07) is 9.34. The molecule has 1 fully saturated rings. The van der Waals surface area contributed by atoms with Gasteiger partial charge in [0.2, 0.25) is 5.95 Å². The highest BCUT2D eigenvalue weighted by Gasteiger charge is 2.32. The summed E-state index contributed by atoms with van der Waals surface area (Å²) in [6.07, 6.45) is 3.40. The predicted octanol–water partition coefficient (Wildman–Crippen LogP) is 2.48. The van der Waals surface area contributed by atoms with Gasteiger partial charge in [-0.2, -0.15) is 5.26 Å². The van der Waals surface area contributed by atoms with Gasteiger partial charge in [0.15, 0.2) is 5.78 Å². The lowest BCUT2D eigenvalue weighted by molar-refractivity contribution is 0.0908. The van der Waals surface area contributed by atoms with E-state index in [0.717, 1.165) is 0 Å². The standard InChI is InChI=1S/C22H26N6O2/c1-15(2)19(20(29)18-7-5-17(13-23)6-8-18)26-22(30)28-12-11-27(14-16(28)3)21-24-9-4-10-25-21/h4-10,15-16,19H,11-12,14H2,1-3H3,(H,26,30)/t16-,19?/m1/s1. The third kappa shape index (κ3) is 4.74. The van der Waals surface area contributed by atoms with E-state index in [1.54, 1.807) is 47.6 Å². The molecule has 2 aromatic rings. The molecule has 2 atom stereocenters. The molecular formula is C22H26N6O2. The molecule has 30 heavy (non-hydrogen) atoms. The van der Waals surface area contributed by atoms with E-state index < -0.39 is 6.04 Å². The lowest BCUT2D eigenvalue weighted by Gasteiger charge is -2.40. The number of aromatic nitrogens is 2. The fourth-order valence-corrected chi connectivity index (χ4v) is 3.53. The molecule has 1 aromatic heterocycles. The van der Waals surface area contributed by atoms with Crippen LogP contribution in [0.5, 0.6) is 0 Å². The second-order valence-electron chi connectivity index (χ2n) is 7.76. The quantitative estimate of drug-likeness (QED) is 0.766. The molecule has 0 radical (unpaired) electrons. The van der Waals surface area contributed by atoms with E-state index in [1.807, 2.05) is 26.8 Å². The zero-order valence-corrected chi connectivity index (χ0v) is 17.4. The van der Waals surface area contributed by atoms with Crippen molar-refractivity contribution in [2.45, 2.75) is 32.9 Å². The molecule has 2 heterocycles. The number of nitrogens with zero attached hydrogens (tertiary/aromatic N) is 5. The fourth-order valence-electron chi connectivity index (χ4n) is 3.53. The maximum atomic E-state index is 13.0. The largest absolute Gasteiger partial charge is 0.337 e. The van der Waals surface area contributed by atoms with Crippen LogP contribution in [-0.4, -0.2) is 58.4 Å². The van der Waals surface area contributed by atoms with Crippen LogP contribution in [0.1, 0.15) is 36.7 Å². The SMILES string of the molecule is CC(C)C(NC(=O)N1CCN(c2ncccn2)C[C@H]1C)C(=O)c1ccc(C#N)cc1. The highest BCUT2D eigenvalue weighted by atomic mass is 16.2. The molecular weight excluding hydrogens is 380 g/mol. The molecule has 3 rings (SSSR count). The number of carbonyl (C=O) groups is 2. The van der Waals surface area contributed by atoms with E-state index in [2.05, 4.69) is 20.2 Å². The number of nitriles is 1. The first-order valence-electron chi connectivity index (χ1n) is 10.0. The van der Waals surface area contributed by atoms with Crippen molar-refractivity contribution in [3.8, 4) is 6.07 Å². The number of hydrogen-bond donors (Lipinski definition) is 1. The Labute approximate surface area is 176 Å². The summed E-state index contributed by atoms with van der Waals surface area (Å²) in [6.45, 7) is 7.54. The third-order valence-corrected chi connectivity index (χ3v) is 5.25. The van der Waals surface area contributed by atoms with Gasteiger partial charge >= 0.3 is 6.03 Å². The molecule has 1 unspecified atom stereocenters. The smallest absolute Gasteiger partial charge is 0.318 e. The molecule has 156 valence electrons. The van der Waals surface area contributed by atoms with E-state index >= 15 is 0 Å². The molecule has 1 saturated heterocycles. The number of carbonyl (C=O) groups excluding carboxylic acids is 2. The van der Waals surface area contributed by atoms with E-state index in [9.17, 15) is 9.59 Å². The number of nitrogens with one attached hydrogen (secondary N) is 1. The number of ketones is 1. The third-order valence-electron chi connectivity index (χ3n) is 5.25. The first-order chi connectivity index (χ1) is 14.4. The zero-order chi connectivity index (χ0) is 21.7. The van der Waals surface area contributed by atoms with Gasteiger partial charge in [-0.25, -0.2) is 14.8 Å². The Hall–Kier alpha value is -3.47. The van der Waals surface area contributed by atoms with Crippen molar-refractivity contribution in [2.75, 3.05) is 24.5 Å². The van der Waals surface area contributed by atoms with Crippen LogP contribution in [0.15, 0.2) is 42.7 Å². The van der Waals surface area contributed by atoms with Gasteiger partial charge < -0.3 is 15.1 Å². The minimum absolute atomic E-state index is 0.0552. The second-order valence-corrected chi connectivity index (χ2v) is 7.76. The summed E-state index contributed by atoms with van der Waals surface area (Å²) in [7, 11) is 0. The Morgan fingerprint density at radius 3 is 2.40 bits per heavy atom. The van der Waals surface area contributed by atoms with Crippen molar-refractivity contribution < 1.29 is 9.59 Å². The van der Waals surface area contributed by atoms with Gasteiger partial charge in [-0.05, 0) is 31.0 Å². The topological polar surface area (TPSA) is 102 Å². The normalized spacial score (nSPS) is 17.4. The summed E-state index contributed by atoms with van der Waals surface area (Å²) < 4.78 is 0. The number of urea groups is 1. The van der Waals surface area contributed by atoms with Crippen LogP contribution in [0.2, 0.25) is 0 Å². The lowest BCUT2D eigenvalue weighted by Crippen LogP contribution is -2.59. The molecule has 1 aliphatic rings. The molecule has 2 amide bonds. The average Bonchev–Trinajstić information content (AvgIpc) is 2.77. The van der Waals surface area contributed by atoms with Crippen LogP contribution in [0.25, 0.3) is 0 Å². The Morgan fingerprint density at radius 2 is 1.83 bits per heavy atom. The highest BCUT2D eigenvalue weighted by molar-refractivity contribution is 6.02. The molecule has 1 aliphatic heterocycles. The fraction of sp³-hybridized carbons (Fsp3) is 0.409. The summed E-state index contributed by atoms with van der Waals surface area (Å²) in [5.41, 5.74) is 0.970.